The second-order valence-corrected chi connectivity index (χ2v) is 8.17. The summed E-state index contributed by atoms with van der Waals surface area (Å²) in [7, 11) is 2.15. The Balaban J connectivity index is 1.69. The van der Waals surface area contributed by atoms with Gasteiger partial charge in [0.2, 0.25) is 0 Å². The second-order valence-electron chi connectivity index (χ2n) is 8.17. The van der Waals surface area contributed by atoms with Crippen LogP contribution in [0, 0.1) is 13.8 Å². The molecule has 27 heavy (non-hydrogen) atoms. The summed E-state index contributed by atoms with van der Waals surface area (Å²) in [5.74, 6) is 0.845. The third-order valence-corrected chi connectivity index (χ3v) is 5.98. The van der Waals surface area contributed by atoms with E-state index < -0.39 is 6.10 Å². The minimum Gasteiger partial charge on any atom is -0.481 e. The van der Waals surface area contributed by atoms with E-state index in [1.54, 1.807) is 0 Å². The average molecular weight is 375 g/mol. The highest BCUT2D eigenvalue weighted by Crippen LogP contribution is 2.23. The van der Waals surface area contributed by atoms with Crippen molar-refractivity contribution in [2.75, 3.05) is 33.3 Å². The maximum Gasteiger partial charge on any atom is 0.263 e. The number of nitrogens with zero attached hydrogens (tertiary/aromatic N) is 2. The lowest BCUT2D eigenvalue weighted by Crippen LogP contribution is -2.52. The first kappa shape index (κ1) is 20.2. The van der Waals surface area contributed by atoms with E-state index >= 15 is 0 Å². The topological polar surface area (TPSA) is 42.0 Å². The summed E-state index contributed by atoms with van der Waals surface area (Å²) >= 11 is 0. The van der Waals surface area contributed by atoms with Gasteiger partial charge in [0, 0.05) is 19.2 Å². The second kappa shape index (κ2) is 9.07. The van der Waals surface area contributed by atoms with E-state index in [0.717, 1.165) is 51.1 Å². The highest BCUT2D eigenvalue weighted by atomic mass is 16.5. The SMILES string of the molecule is Cc1ccc(O[C@H](C)C(=O)N(C[C@@H]2CCCO2)C2CCN(C)CC2)cc1C. The molecule has 2 atom stereocenters. The number of ether oxygens (including phenoxy) is 2. The number of aryl methyl sites for hydroxylation is 2. The van der Waals surface area contributed by atoms with Gasteiger partial charge in [-0.3, -0.25) is 4.79 Å². The van der Waals surface area contributed by atoms with E-state index in [1.807, 2.05) is 25.1 Å². The van der Waals surface area contributed by atoms with Crippen molar-refractivity contribution in [2.45, 2.75) is 64.7 Å². The number of amides is 1. The van der Waals surface area contributed by atoms with Gasteiger partial charge in [0.25, 0.3) is 5.91 Å². The Bertz CT molecular complexity index is 634. The summed E-state index contributed by atoms with van der Waals surface area (Å²) in [5.41, 5.74) is 2.41. The third kappa shape index (κ3) is 5.23. The van der Waals surface area contributed by atoms with Crippen molar-refractivity contribution in [3.63, 3.8) is 0 Å². The van der Waals surface area contributed by atoms with Gasteiger partial charge in [-0.2, -0.15) is 0 Å². The van der Waals surface area contributed by atoms with Crippen LogP contribution in [0.2, 0.25) is 0 Å². The molecule has 0 radical (unpaired) electrons. The van der Waals surface area contributed by atoms with Gasteiger partial charge in [0.15, 0.2) is 6.10 Å². The van der Waals surface area contributed by atoms with Crippen LogP contribution in [0.1, 0.15) is 43.7 Å². The first-order valence-electron chi connectivity index (χ1n) is 10.3. The van der Waals surface area contributed by atoms with Gasteiger partial charge in [-0.1, -0.05) is 6.07 Å². The van der Waals surface area contributed by atoms with Crippen molar-refractivity contribution in [1.29, 1.82) is 0 Å². The first-order chi connectivity index (χ1) is 12.9. The molecular formula is C22H34N2O3. The zero-order valence-electron chi connectivity index (χ0n) is 17.2. The van der Waals surface area contributed by atoms with Crippen molar-refractivity contribution in [3.05, 3.63) is 29.3 Å². The van der Waals surface area contributed by atoms with Crippen LogP contribution < -0.4 is 4.74 Å². The molecule has 5 nitrogen and oxygen atoms in total. The van der Waals surface area contributed by atoms with Crippen molar-refractivity contribution in [1.82, 2.24) is 9.80 Å². The third-order valence-electron chi connectivity index (χ3n) is 5.98. The first-order valence-corrected chi connectivity index (χ1v) is 10.3. The number of carbonyl (C=O) groups is 1. The van der Waals surface area contributed by atoms with E-state index in [1.165, 1.54) is 11.1 Å². The average Bonchev–Trinajstić information content (AvgIpc) is 3.16. The molecule has 2 heterocycles. The fourth-order valence-corrected chi connectivity index (χ4v) is 4.01. The summed E-state index contributed by atoms with van der Waals surface area (Å²) in [6.07, 6.45) is 3.85. The molecule has 1 aromatic carbocycles. The van der Waals surface area contributed by atoms with Gasteiger partial charge in [-0.05, 0) is 89.9 Å². The van der Waals surface area contributed by atoms with Crippen LogP contribution in [0.4, 0.5) is 0 Å². The van der Waals surface area contributed by atoms with Crippen molar-refractivity contribution >= 4 is 5.91 Å². The molecule has 2 saturated heterocycles. The Hall–Kier alpha value is -1.59. The standard InChI is InChI=1S/C22H34N2O3/c1-16-7-8-20(14-17(16)2)27-18(3)22(25)24(15-21-6-5-13-26-21)19-9-11-23(4)12-10-19/h7-8,14,18-19,21H,5-6,9-13,15H2,1-4H3/t18-,21+/m1/s1. The molecule has 0 bridgehead atoms. The fraction of sp³-hybridized carbons (Fsp3) is 0.682. The molecule has 0 spiro atoms. The molecule has 1 aromatic rings. The Labute approximate surface area is 163 Å². The van der Waals surface area contributed by atoms with Crippen LogP contribution in [0.5, 0.6) is 5.75 Å². The number of rotatable bonds is 6. The normalized spacial score (nSPS) is 22.6. The molecule has 1 amide bonds. The maximum absolute atomic E-state index is 13.3. The molecule has 150 valence electrons. The molecule has 0 saturated carbocycles. The zero-order chi connectivity index (χ0) is 19.4. The van der Waals surface area contributed by atoms with Crippen LogP contribution in [0.3, 0.4) is 0 Å². The number of hydrogen-bond acceptors (Lipinski definition) is 4. The summed E-state index contributed by atoms with van der Waals surface area (Å²) in [5, 5.41) is 0. The van der Waals surface area contributed by atoms with Gasteiger partial charge in [-0.25, -0.2) is 0 Å². The van der Waals surface area contributed by atoms with Gasteiger partial charge in [0.1, 0.15) is 5.75 Å². The number of piperidine rings is 1. The lowest BCUT2D eigenvalue weighted by molar-refractivity contribution is -0.143. The Morgan fingerprint density at radius 2 is 2.00 bits per heavy atom. The molecule has 2 aliphatic heterocycles. The summed E-state index contributed by atoms with van der Waals surface area (Å²) < 4.78 is 11.9. The molecule has 0 aromatic heterocycles. The summed E-state index contributed by atoms with van der Waals surface area (Å²) in [6.45, 7) is 9.59. The monoisotopic (exact) mass is 374 g/mol. The van der Waals surface area contributed by atoms with Crippen LogP contribution in [-0.4, -0.2) is 67.2 Å². The maximum atomic E-state index is 13.3. The molecule has 2 aliphatic rings. The summed E-state index contributed by atoms with van der Waals surface area (Å²) in [6, 6.07) is 6.29. The minimum absolute atomic E-state index is 0.0817. The predicted octanol–water partition coefficient (Wildman–Crippen LogP) is 3.17. The molecular weight excluding hydrogens is 340 g/mol. The van der Waals surface area contributed by atoms with Gasteiger partial charge in [0.05, 0.1) is 6.10 Å². The zero-order valence-corrected chi connectivity index (χ0v) is 17.2. The smallest absolute Gasteiger partial charge is 0.263 e. The Kier molecular flexibility index (Phi) is 6.77. The summed E-state index contributed by atoms with van der Waals surface area (Å²) in [4.78, 5) is 17.7. The van der Waals surface area contributed by atoms with Gasteiger partial charge >= 0.3 is 0 Å². The highest BCUT2D eigenvalue weighted by Gasteiger charge is 2.33. The Morgan fingerprint density at radius 3 is 2.63 bits per heavy atom. The Morgan fingerprint density at radius 1 is 1.26 bits per heavy atom. The quantitative estimate of drug-likeness (QED) is 0.767. The van der Waals surface area contributed by atoms with E-state index in [2.05, 4.69) is 30.7 Å². The largest absolute Gasteiger partial charge is 0.481 e. The van der Waals surface area contributed by atoms with E-state index in [0.29, 0.717) is 6.54 Å². The van der Waals surface area contributed by atoms with Crippen molar-refractivity contribution in [2.24, 2.45) is 0 Å². The molecule has 2 fully saturated rings. The molecule has 3 rings (SSSR count). The van der Waals surface area contributed by atoms with Crippen molar-refractivity contribution in [3.8, 4) is 5.75 Å². The van der Waals surface area contributed by atoms with E-state index in [9.17, 15) is 4.79 Å². The van der Waals surface area contributed by atoms with E-state index in [-0.39, 0.29) is 18.1 Å². The lowest BCUT2D eigenvalue weighted by Gasteiger charge is -2.39. The highest BCUT2D eigenvalue weighted by molar-refractivity contribution is 5.81. The number of benzene rings is 1. The van der Waals surface area contributed by atoms with E-state index in [4.69, 9.17) is 9.47 Å². The van der Waals surface area contributed by atoms with Crippen LogP contribution in [-0.2, 0) is 9.53 Å². The van der Waals surface area contributed by atoms with Crippen LogP contribution in [0.15, 0.2) is 18.2 Å². The van der Waals surface area contributed by atoms with Gasteiger partial charge in [-0.15, -0.1) is 0 Å². The molecule has 0 N–H and O–H groups in total. The minimum atomic E-state index is -0.492. The van der Waals surface area contributed by atoms with Crippen molar-refractivity contribution < 1.29 is 14.3 Å². The fourth-order valence-electron chi connectivity index (χ4n) is 4.01. The predicted molar refractivity (Wildman–Crippen MR) is 107 cm³/mol. The van der Waals surface area contributed by atoms with Gasteiger partial charge < -0.3 is 19.3 Å². The van der Waals surface area contributed by atoms with Crippen LogP contribution in [0.25, 0.3) is 0 Å². The van der Waals surface area contributed by atoms with Crippen LogP contribution >= 0.6 is 0 Å². The lowest BCUT2D eigenvalue weighted by atomic mass is 10.0. The molecule has 0 unspecified atom stereocenters. The molecule has 0 aliphatic carbocycles. The number of carbonyl (C=O) groups excluding carboxylic acids is 1. The molecule has 5 heteroatoms. The number of likely N-dealkylation sites (tertiary alicyclic amines) is 1. The number of hydrogen-bond donors (Lipinski definition) is 0.